The molecule has 156 valence electrons. The minimum Gasteiger partial charge on any atom is -0.489 e. The van der Waals surface area contributed by atoms with Gasteiger partial charge in [0.15, 0.2) is 0 Å². The van der Waals surface area contributed by atoms with Crippen LogP contribution in [-0.4, -0.2) is 11.5 Å². The molecule has 3 heteroatoms. The van der Waals surface area contributed by atoms with Crippen molar-refractivity contribution in [1.82, 2.24) is 4.98 Å². The molecule has 0 saturated carbocycles. The van der Waals surface area contributed by atoms with Crippen molar-refractivity contribution in [3.63, 3.8) is 0 Å². The van der Waals surface area contributed by atoms with Gasteiger partial charge in [0.1, 0.15) is 12.4 Å². The Morgan fingerprint density at radius 1 is 0.774 bits per heavy atom. The van der Waals surface area contributed by atoms with Crippen molar-refractivity contribution < 1.29 is 4.74 Å². The topological polar surface area (TPSA) is 34.1 Å². The number of fused-ring (bicyclic) bond motifs is 2. The van der Waals surface area contributed by atoms with Gasteiger partial charge in [0, 0.05) is 23.3 Å². The number of ether oxygens (including phenoxy) is 1. The summed E-state index contributed by atoms with van der Waals surface area (Å²) < 4.78 is 5.91. The molecule has 0 saturated heterocycles. The van der Waals surface area contributed by atoms with Gasteiger partial charge in [0.25, 0.3) is 0 Å². The second-order valence-electron chi connectivity index (χ2n) is 8.23. The number of pyridine rings is 1. The lowest BCUT2D eigenvalue weighted by molar-refractivity contribution is 0.306. The molecule has 0 atom stereocenters. The molecular weight excluding hydrogens is 380 g/mol. The van der Waals surface area contributed by atoms with Gasteiger partial charge >= 0.3 is 0 Å². The Morgan fingerprint density at radius 2 is 1.55 bits per heavy atom. The third-order valence-electron chi connectivity index (χ3n) is 6.06. The maximum absolute atomic E-state index is 5.91. The summed E-state index contributed by atoms with van der Waals surface area (Å²) in [6.07, 6.45) is 5.70. The molecule has 0 bridgehead atoms. The number of hydrogen-bond donors (Lipinski definition) is 1. The van der Waals surface area contributed by atoms with Crippen LogP contribution in [0.25, 0.3) is 10.9 Å². The molecule has 1 aromatic heterocycles. The number of rotatable bonds is 7. The third-order valence-corrected chi connectivity index (χ3v) is 6.06. The molecule has 1 heterocycles. The monoisotopic (exact) mass is 408 g/mol. The van der Waals surface area contributed by atoms with E-state index in [9.17, 15) is 0 Å². The Morgan fingerprint density at radius 3 is 2.42 bits per heavy atom. The Hall–Kier alpha value is -3.33. The Kier molecular flexibility index (Phi) is 5.83. The van der Waals surface area contributed by atoms with E-state index in [-0.39, 0.29) is 0 Å². The van der Waals surface area contributed by atoms with Crippen LogP contribution >= 0.6 is 0 Å². The number of benzene rings is 3. The molecule has 3 nitrogen and oxygen atoms in total. The summed E-state index contributed by atoms with van der Waals surface area (Å²) in [5.74, 6) is 0.912. The van der Waals surface area contributed by atoms with Crippen molar-refractivity contribution in [2.45, 2.75) is 38.7 Å². The van der Waals surface area contributed by atoms with E-state index in [1.54, 1.807) is 0 Å². The van der Waals surface area contributed by atoms with Crippen LogP contribution in [-0.2, 0) is 25.9 Å². The van der Waals surface area contributed by atoms with Gasteiger partial charge in [-0.25, -0.2) is 0 Å². The predicted molar refractivity (Wildman–Crippen MR) is 128 cm³/mol. The molecule has 1 N–H and O–H groups in total. The number of anilines is 1. The molecule has 0 amide bonds. The maximum atomic E-state index is 5.91. The van der Waals surface area contributed by atoms with Crippen molar-refractivity contribution in [2.75, 3.05) is 11.9 Å². The quantitative estimate of drug-likeness (QED) is 0.387. The van der Waals surface area contributed by atoms with Gasteiger partial charge in [0.2, 0.25) is 0 Å². The summed E-state index contributed by atoms with van der Waals surface area (Å²) in [7, 11) is 0. The highest BCUT2D eigenvalue weighted by molar-refractivity contribution is 5.93. The SMILES string of the molecule is c1ccc(COc2ccc(CCNc3c4c(nc5ccccc35)CCCC4)cc2)cc1. The summed E-state index contributed by atoms with van der Waals surface area (Å²) in [6, 6.07) is 27.3. The lowest BCUT2D eigenvalue weighted by atomic mass is 9.92. The van der Waals surface area contributed by atoms with Crippen LogP contribution in [0.3, 0.4) is 0 Å². The Balaban J connectivity index is 1.24. The van der Waals surface area contributed by atoms with Crippen LogP contribution in [0, 0.1) is 0 Å². The average molecular weight is 409 g/mol. The number of nitrogens with zero attached hydrogens (tertiary/aromatic N) is 1. The van der Waals surface area contributed by atoms with Crippen LogP contribution in [0.5, 0.6) is 5.75 Å². The van der Waals surface area contributed by atoms with Gasteiger partial charge in [-0.3, -0.25) is 4.98 Å². The molecule has 4 aromatic rings. The summed E-state index contributed by atoms with van der Waals surface area (Å²) >= 11 is 0. The molecule has 0 aliphatic heterocycles. The lowest BCUT2D eigenvalue weighted by Gasteiger charge is -2.21. The molecular formula is C28H28N2O. The van der Waals surface area contributed by atoms with Crippen LogP contribution in [0.2, 0.25) is 0 Å². The van der Waals surface area contributed by atoms with Gasteiger partial charge in [-0.05, 0) is 67.0 Å². The molecule has 1 aliphatic carbocycles. The van der Waals surface area contributed by atoms with E-state index in [2.05, 4.69) is 66.0 Å². The third kappa shape index (κ3) is 4.56. The van der Waals surface area contributed by atoms with E-state index in [1.165, 1.54) is 46.3 Å². The minimum absolute atomic E-state index is 0.599. The largest absolute Gasteiger partial charge is 0.489 e. The highest BCUT2D eigenvalue weighted by Gasteiger charge is 2.17. The van der Waals surface area contributed by atoms with E-state index in [1.807, 2.05) is 18.2 Å². The van der Waals surface area contributed by atoms with Crippen molar-refractivity contribution >= 4 is 16.6 Å². The standard InChI is InChI=1S/C28H28N2O/c1-2-8-22(9-3-1)20-31-23-16-14-21(15-17-23)18-19-29-28-24-10-4-6-12-26(24)30-27-13-7-5-11-25(27)28/h1-4,6,8-10,12,14-17H,5,7,11,13,18-20H2,(H,29,30). The van der Waals surface area contributed by atoms with Crippen molar-refractivity contribution in [1.29, 1.82) is 0 Å². The smallest absolute Gasteiger partial charge is 0.119 e. The molecule has 0 fully saturated rings. The first-order valence-corrected chi connectivity index (χ1v) is 11.3. The molecule has 1 aliphatic rings. The van der Waals surface area contributed by atoms with E-state index >= 15 is 0 Å². The minimum atomic E-state index is 0.599. The molecule has 31 heavy (non-hydrogen) atoms. The van der Waals surface area contributed by atoms with Gasteiger partial charge < -0.3 is 10.1 Å². The zero-order valence-electron chi connectivity index (χ0n) is 17.8. The molecule has 0 unspecified atom stereocenters. The maximum Gasteiger partial charge on any atom is 0.119 e. The van der Waals surface area contributed by atoms with E-state index < -0.39 is 0 Å². The van der Waals surface area contributed by atoms with Crippen molar-refractivity contribution in [2.24, 2.45) is 0 Å². The second-order valence-corrected chi connectivity index (χ2v) is 8.23. The van der Waals surface area contributed by atoms with E-state index in [4.69, 9.17) is 9.72 Å². The summed E-state index contributed by atoms with van der Waals surface area (Å²) in [6.45, 7) is 1.51. The molecule has 0 radical (unpaired) electrons. The van der Waals surface area contributed by atoms with Crippen molar-refractivity contribution in [3.8, 4) is 5.75 Å². The number of para-hydroxylation sites is 1. The normalized spacial score (nSPS) is 13.0. The van der Waals surface area contributed by atoms with Gasteiger partial charge in [-0.1, -0.05) is 60.7 Å². The zero-order valence-corrected chi connectivity index (χ0v) is 17.8. The number of aromatic nitrogens is 1. The Labute approximate surface area is 184 Å². The fraction of sp³-hybridized carbons (Fsp3) is 0.250. The fourth-order valence-corrected chi connectivity index (χ4v) is 4.40. The first-order valence-electron chi connectivity index (χ1n) is 11.3. The van der Waals surface area contributed by atoms with Crippen LogP contribution < -0.4 is 10.1 Å². The predicted octanol–water partition coefficient (Wildman–Crippen LogP) is 6.35. The van der Waals surface area contributed by atoms with Crippen LogP contribution in [0.1, 0.15) is 35.2 Å². The lowest BCUT2D eigenvalue weighted by Crippen LogP contribution is -2.13. The van der Waals surface area contributed by atoms with E-state index in [0.29, 0.717) is 6.61 Å². The first kappa shape index (κ1) is 19.6. The number of nitrogens with one attached hydrogen (secondary N) is 1. The number of hydrogen-bond acceptors (Lipinski definition) is 3. The number of aryl methyl sites for hydroxylation is 1. The van der Waals surface area contributed by atoms with Gasteiger partial charge in [0.05, 0.1) is 5.52 Å². The molecule has 0 spiro atoms. The van der Waals surface area contributed by atoms with Crippen molar-refractivity contribution in [3.05, 3.63) is 101 Å². The highest BCUT2D eigenvalue weighted by atomic mass is 16.5. The fourth-order valence-electron chi connectivity index (χ4n) is 4.40. The summed E-state index contributed by atoms with van der Waals surface area (Å²) in [4.78, 5) is 4.94. The summed E-state index contributed by atoms with van der Waals surface area (Å²) in [5, 5.41) is 5.00. The molecule has 3 aromatic carbocycles. The van der Waals surface area contributed by atoms with Crippen LogP contribution in [0.4, 0.5) is 5.69 Å². The highest BCUT2D eigenvalue weighted by Crippen LogP contribution is 2.33. The van der Waals surface area contributed by atoms with Gasteiger partial charge in [-0.2, -0.15) is 0 Å². The van der Waals surface area contributed by atoms with E-state index in [0.717, 1.165) is 37.1 Å². The zero-order chi connectivity index (χ0) is 20.9. The summed E-state index contributed by atoms with van der Waals surface area (Å²) in [5.41, 5.74) is 7.60. The molecule has 5 rings (SSSR count). The van der Waals surface area contributed by atoms with Crippen LogP contribution in [0.15, 0.2) is 78.9 Å². The second kappa shape index (κ2) is 9.22. The van der Waals surface area contributed by atoms with Gasteiger partial charge in [-0.15, -0.1) is 0 Å². The average Bonchev–Trinajstić information content (AvgIpc) is 2.84. The first-order chi connectivity index (χ1) is 15.4. The Bertz CT molecular complexity index is 1150.